The zero-order valence-electron chi connectivity index (χ0n) is 13.2. The molecular weight excluding hydrogens is 266 g/mol. The van der Waals surface area contributed by atoms with Gasteiger partial charge in [0.25, 0.3) is 0 Å². The smallest absolute Gasteiger partial charge is 0.305 e. The van der Waals surface area contributed by atoms with Crippen molar-refractivity contribution in [2.45, 2.75) is 38.2 Å². The number of carbonyl (C=O) groups excluding carboxylic acids is 1. The van der Waals surface area contributed by atoms with Crippen LogP contribution in [0.2, 0.25) is 0 Å². The Morgan fingerprint density at radius 2 is 2.05 bits per heavy atom. The third-order valence-electron chi connectivity index (χ3n) is 3.98. The van der Waals surface area contributed by atoms with E-state index in [2.05, 4.69) is 23.6 Å². The van der Waals surface area contributed by atoms with Crippen LogP contribution in [-0.4, -0.2) is 43.7 Å². The number of esters is 1. The van der Waals surface area contributed by atoms with Crippen LogP contribution in [0.5, 0.6) is 5.75 Å². The van der Waals surface area contributed by atoms with Crippen LogP contribution in [0.15, 0.2) is 24.3 Å². The summed E-state index contributed by atoms with van der Waals surface area (Å²) in [6.07, 6.45) is 3.37. The van der Waals surface area contributed by atoms with Crippen molar-refractivity contribution in [3.05, 3.63) is 29.8 Å². The SMILES string of the molecule is COC(=O)CCc1ccc(OC2(C)CCCN(C)C2)cc1. The maximum Gasteiger partial charge on any atom is 0.305 e. The van der Waals surface area contributed by atoms with E-state index in [1.54, 1.807) is 0 Å². The molecule has 1 unspecified atom stereocenters. The van der Waals surface area contributed by atoms with Crippen LogP contribution >= 0.6 is 0 Å². The lowest BCUT2D eigenvalue weighted by Gasteiger charge is -2.39. The summed E-state index contributed by atoms with van der Waals surface area (Å²) < 4.78 is 10.8. The fraction of sp³-hybridized carbons (Fsp3) is 0.588. The number of methoxy groups -OCH3 is 1. The second-order valence-corrected chi connectivity index (χ2v) is 6.11. The molecule has 0 radical (unpaired) electrons. The number of rotatable bonds is 5. The molecule has 21 heavy (non-hydrogen) atoms. The minimum Gasteiger partial charge on any atom is -0.486 e. The molecule has 4 heteroatoms. The largest absolute Gasteiger partial charge is 0.486 e. The third-order valence-corrected chi connectivity index (χ3v) is 3.98. The first kappa shape index (κ1) is 15.8. The van der Waals surface area contributed by atoms with E-state index in [4.69, 9.17) is 4.74 Å². The second kappa shape index (κ2) is 6.94. The molecule has 0 aliphatic carbocycles. The van der Waals surface area contributed by atoms with Crippen molar-refractivity contribution >= 4 is 5.97 Å². The number of likely N-dealkylation sites (tertiary alicyclic amines) is 1. The number of piperidine rings is 1. The summed E-state index contributed by atoms with van der Waals surface area (Å²) in [5, 5.41) is 0. The molecule has 1 aliphatic heterocycles. The third kappa shape index (κ3) is 4.74. The van der Waals surface area contributed by atoms with E-state index in [0.29, 0.717) is 12.8 Å². The Kier molecular flexibility index (Phi) is 5.23. The number of ether oxygens (including phenoxy) is 2. The van der Waals surface area contributed by atoms with Gasteiger partial charge in [-0.15, -0.1) is 0 Å². The molecule has 1 aliphatic rings. The van der Waals surface area contributed by atoms with Crippen molar-refractivity contribution in [2.75, 3.05) is 27.2 Å². The Bertz CT molecular complexity index is 471. The quantitative estimate of drug-likeness (QED) is 0.782. The highest BCUT2D eigenvalue weighted by molar-refractivity contribution is 5.69. The molecule has 0 bridgehead atoms. The first-order valence-electron chi connectivity index (χ1n) is 7.54. The lowest BCUT2D eigenvalue weighted by Crippen LogP contribution is -2.48. The molecular formula is C17H25NO3. The van der Waals surface area contributed by atoms with Gasteiger partial charge in [0.1, 0.15) is 11.4 Å². The number of likely N-dealkylation sites (N-methyl/N-ethyl adjacent to an activating group) is 1. The van der Waals surface area contributed by atoms with Crippen LogP contribution in [-0.2, 0) is 16.0 Å². The monoisotopic (exact) mass is 291 g/mol. The highest BCUT2D eigenvalue weighted by Gasteiger charge is 2.31. The van der Waals surface area contributed by atoms with E-state index in [9.17, 15) is 4.79 Å². The Hall–Kier alpha value is -1.55. The average molecular weight is 291 g/mol. The predicted molar refractivity (Wildman–Crippen MR) is 82.5 cm³/mol. The van der Waals surface area contributed by atoms with Gasteiger partial charge in [0.05, 0.1) is 7.11 Å². The van der Waals surface area contributed by atoms with Crippen molar-refractivity contribution in [2.24, 2.45) is 0 Å². The zero-order chi connectivity index (χ0) is 15.3. The van der Waals surface area contributed by atoms with Crippen LogP contribution in [0, 0.1) is 0 Å². The number of hydrogen-bond acceptors (Lipinski definition) is 4. The normalized spacial score (nSPS) is 22.8. The van der Waals surface area contributed by atoms with Crippen molar-refractivity contribution in [1.82, 2.24) is 4.90 Å². The van der Waals surface area contributed by atoms with Gasteiger partial charge in [-0.25, -0.2) is 0 Å². The first-order chi connectivity index (χ1) is 10.0. The van der Waals surface area contributed by atoms with E-state index in [-0.39, 0.29) is 11.6 Å². The lowest BCUT2D eigenvalue weighted by atomic mass is 9.95. The Morgan fingerprint density at radius 3 is 2.67 bits per heavy atom. The summed E-state index contributed by atoms with van der Waals surface area (Å²) in [4.78, 5) is 13.4. The Morgan fingerprint density at radius 1 is 1.33 bits per heavy atom. The van der Waals surface area contributed by atoms with Gasteiger partial charge in [-0.2, -0.15) is 0 Å². The van der Waals surface area contributed by atoms with E-state index in [1.165, 1.54) is 13.5 Å². The minimum atomic E-state index is -0.173. The van der Waals surface area contributed by atoms with E-state index in [1.807, 2.05) is 24.3 Å². The average Bonchev–Trinajstić information content (AvgIpc) is 2.45. The molecule has 116 valence electrons. The summed E-state index contributed by atoms with van der Waals surface area (Å²) in [6, 6.07) is 8.03. The van der Waals surface area contributed by atoms with E-state index >= 15 is 0 Å². The standard InChI is InChI=1S/C17H25NO3/c1-17(11-4-12-18(2)13-17)21-15-8-5-14(6-9-15)7-10-16(19)20-3/h5-6,8-9H,4,7,10-13H2,1-3H3. The van der Waals surface area contributed by atoms with Crippen LogP contribution in [0.25, 0.3) is 0 Å². The zero-order valence-corrected chi connectivity index (χ0v) is 13.2. The molecule has 1 aromatic rings. The summed E-state index contributed by atoms with van der Waals surface area (Å²) in [5.41, 5.74) is 1.01. The molecule has 1 heterocycles. The fourth-order valence-electron chi connectivity index (χ4n) is 2.89. The highest BCUT2D eigenvalue weighted by Crippen LogP contribution is 2.27. The molecule has 4 nitrogen and oxygen atoms in total. The van der Waals surface area contributed by atoms with Gasteiger partial charge in [-0.3, -0.25) is 4.79 Å². The molecule has 1 aromatic carbocycles. The molecule has 0 spiro atoms. The number of nitrogens with zero attached hydrogens (tertiary/aromatic N) is 1. The van der Waals surface area contributed by atoms with Gasteiger partial charge in [0.2, 0.25) is 0 Å². The van der Waals surface area contributed by atoms with Gasteiger partial charge in [-0.05, 0) is 57.5 Å². The van der Waals surface area contributed by atoms with Gasteiger partial charge < -0.3 is 14.4 Å². The summed E-state index contributed by atoms with van der Waals surface area (Å²) in [7, 11) is 3.55. The van der Waals surface area contributed by atoms with Crippen LogP contribution in [0.3, 0.4) is 0 Å². The van der Waals surface area contributed by atoms with Gasteiger partial charge >= 0.3 is 5.97 Å². The summed E-state index contributed by atoms with van der Waals surface area (Å²) in [6.45, 7) is 4.27. The summed E-state index contributed by atoms with van der Waals surface area (Å²) in [5.74, 6) is 0.725. The lowest BCUT2D eigenvalue weighted by molar-refractivity contribution is -0.140. The molecule has 0 aromatic heterocycles. The van der Waals surface area contributed by atoms with Gasteiger partial charge in [-0.1, -0.05) is 12.1 Å². The topological polar surface area (TPSA) is 38.8 Å². The molecule has 0 amide bonds. The minimum absolute atomic E-state index is 0.111. The van der Waals surface area contributed by atoms with E-state index < -0.39 is 0 Å². The van der Waals surface area contributed by atoms with Gasteiger partial charge in [0.15, 0.2) is 0 Å². The van der Waals surface area contributed by atoms with Crippen LogP contribution < -0.4 is 4.74 Å². The van der Waals surface area contributed by atoms with Crippen LogP contribution in [0.4, 0.5) is 0 Å². The fourth-order valence-corrected chi connectivity index (χ4v) is 2.89. The Balaban J connectivity index is 1.91. The molecule has 1 atom stereocenters. The molecule has 1 saturated heterocycles. The van der Waals surface area contributed by atoms with Crippen LogP contribution in [0.1, 0.15) is 31.7 Å². The number of carbonyl (C=O) groups is 1. The number of benzene rings is 1. The van der Waals surface area contributed by atoms with Crippen molar-refractivity contribution in [3.8, 4) is 5.75 Å². The molecule has 0 N–H and O–H groups in total. The first-order valence-corrected chi connectivity index (χ1v) is 7.54. The number of hydrogen-bond donors (Lipinski definition) is 0. The van der Waals surface area contributed by atoms with Gasteiger partial charge in [0, 0.05) is 13.0 Å². The maximum absolute atomic E-state index is 11.1. The van der Waals surface area contributed by atoms with Crippen molar-refractivity contribution in [1.29, 1.82) is 0 Å². The second-order valence-electron chi connectivity index (χ2n) is 6.11. The highest BCUT2D eigenvalue weighted by atomic mass is 16.5. The molecule has 1 fully saturated rings. The molecule has 2 rings (SSSR count). The molecule has 0 saturated carbocycles. The maximum atomic E-state index is 11.1. The number of aryl methyl sites for hydroxylation is 1. The Labute approximate surface area is 127 Å². The van der Waals surface area contributed by atoms with Crippen molar-refractivity contribution < 1.29 is 14.3 Å². The van der Waals surface area contributed by atoms with Crippen molar-refractivity contribution in [3.63, 3.8) is 0 Å². The predicted octanol–water partition coefficient (Wildman–Crippen LogP) is 2.66. The summed E-state index contributed by atoms with van der Waals surface area (Å²) >= 11 is 0. The van der Waals surface area contributed by atoms with E-state index in [0.717, 1.165) is 30.8 Å².